The minimum atomic E-state index is 0.283. The topological polar surface area (TPSA) is 29.9 Å². The number of nitrogens with zero attached hydrogens (tertiary/aromatic N) is 2. The van der Waals surface area contributed by atoms with Crippen LogP contribution in [-0.2, 0) is 12.0 Å². The third-order valence-electron chi connectivity index (χ3n) is 4.40. The fourth-order valence-corrected chi connectivity index (χ4v) is 3.64. The van der Waals surface area contributed by atoms with Gasteiger partial charge in [-0.1, -0.05) is 6.92 Å². The number of rotatable bonds is 4. The lowest BCUT2D eigenvalue weighted by Gasteiger charge is -2.26. The van der Waals surface area contributed by atoms with Crippen molar-refractivity contribution in [2.45, 2.75) is 42.9 Å². The predicted molar refractivity (Wildman–Crippen MR) is 72.5 cm³/mol. The van der Waals surface area contributed by atoms with E-state index in [-0.39, 0.29) is 5.41 Å². The number of aromatic nitrogens is 2. The Balaban J connectivity index is 1.84. The molecular weight excluding hydrogens is 230 g/mol. The highest BCUT2D eigenvalue weighted by Crippen LogP contribution is 2.49. The molecule has 3 rings (SSSR count). The summed E-state index contributed by atoms with van der Waals surface area (Å²) in [5.74, 6) is 0. The Morgan fingerprint density at radius 1 is 1.47 bits per heavy atom. The van der Waals surface area contributed by atoms with Crippen molar-refractivity contribution in [3.63, 3.8) is 0 Å². The molecule has 1 unspecified atom stereocenters. The summed E-state index contributed by atoms with van der Waals surface area (Å²) < 4.78 is 2.91. The van der Waals surface area contributed by atoms with Gasteiger partial charge in [0.05, 0.1) is 6.33 Å². The Kier molecular flexibility index (Phi) is 2.75. The van der Waals surface area contributed by atoms with Crippen molar-refractivity contribution in [1.29, 1.82) is 0 Å². The fraction of sp³-hybridized carbons (Fsp3) is 0.769. The molecule has 0 spiro atoms. The molecule has 1 aliphatic carbocycles. The largest absolute Gasteiger partial charge is 0.333 e. The van der Waals surface area contributed by atoms with Crippen LogP contribution in [-0.4, -0.2) is 33.6 Å². The molecule has 0 radical (unpaired) electrons. The molecule has 1 N–H and O–H groups in total. The van der Waals surface area contributed by atoms with Crippen LogP contribution in [0.1, 0.15) is 31.9 Å². The van der Waals surface area contributed by atoms with Crippen LogP contribution in [0.4, 0.5) is 0 Å². The molecule has 1 saturated carbocycles. The molecule has 0 amide bonds. The average Bonchev–Trinajstić information content (AvgIpc) is 2.74. The highest BCUT2D eigenvalue weighted by Gasteiger charge is 2.43. The summed E-state index contributed by atoms with van der Waals surface area (Å²) in [5, 5.41) is 3.47. The molecule has 1 aromatic rings. The lowest BCUT2D eigenvalue weighted by atomic mass is 9.86. The van der Waals surface area contributed by atoms with Crippen molar-refractivity contribution >= 4 is 11.8 Å². The third-order valence-corrected chi connectivity index (χ3v) is 5.80. The molecule has 4 heteroatoms. The van der Waals surface area contributed by atoms with E-state index in [9.17, 15) is 0 Å². The quantitative estimate of drug-likeness (QED) is 0.888. The normalized spacial score (nSPS) is 30.7. The van der Waals surface area contributed by atoms with Crippen molar-refractivity contribution in [2.24, 2.45) is 0 Å². The van der Waals surface area contributed by atoms with E-state index in [1.807, 2.05) is 18.1 Å². The SMILES string of the molecule is CSC1(Cn2cncc2C2(C)CCNC2)CC1. The van der Waals surface area contributed by atoms with Gasteiger partial charge in [0.2, 0.25) is 0 Å². The molecule has 1 aromatic heterocycles. The maximum absolute atomic E-state index is 4.38. The van der Waals surface area contributed by atoms with E-state index in [4.69, 9.17) is 0 Å². The highest BCUT2D eigenvalue weighted by atomic mass is 32.2. The average molecular weight is 251 g/mol. The number of imidazole rings is 1. The zero-order chi connectivity index (χ0) is 11.9. The standard InChI is InChI=1S/C13H21N3S/c1-12(5-6-14-8-12)11-7-15-10-16(11)9-13(17-2)3-4-13/h7,10,14H,3-6,8-9H2,1-2H3. The Labute approximate surface area is 107 Å². The van der Waals surface area contributed by atoms with Crippen LogP contribution >= 0.6 is 11.8 Å². The Morgan fingerprint density at radius 2 is 2.29 bits per heavy atom. The van der Waals surface area contributed by atoms with E-state index in [2.05, 4.69) is 34.2 Å². The molecule has 0 aromatic carbocycles. The van der Waals surface area contributed by atoms with Crippen molar-refractivity contribution < 1.29 is 0 Å². The molecule has 94 valence electrons. The number of nitrogens with one attached hydrogen (secondary N) is 1. The van der Waals surface area contributed by atoms with Crippen LogP contribution in [0.3, 0.4) is 0 Å². The molecule has 1 atom stereocenters. The first kappa shape index (κ1) is 11.6. The summed E-state index contributed by atoms with van der Waals surface area (Å²) in [6.45, 7) is 5.72. The molecule has 1 aliphatic heterocycles. The number of thioether (sulfide) groups is 1. The molecule has 3 nitrogen and oxygen atoms in total. The van der Waals surface area contributed by atoms with Crippen molar-refractivity contribution in [3.8, 4) is 0 Å². The van der Waals surface area contributed by atoms with Gasteiger partial charge in [0.1, 0.15) is 0 Å². The van der Waals surface area contributed by atoms with Crippen LogP contribution in [0.2, 0.25) is 0 Å². The van der Waals surface area contributed by atoms with Gasteiger partial charge in [-0.3, -0.25) is 0 Å². The van der Waals surface area contributed by atoms with E-state index in [1.165, 1.54) is 25.0 Å². The van der Waals surface area contributed by atoms with Crippen molar-refractivity contribution in [3.05, 3.63) is 18.2 Å². The zero-order valence-electron chi connectivity index (χ0n) is 10.7. The zero-order valence-corrected chi connectivity index (χ0v) is 11.5. The first-order valence-electron chi connectivity index (χ1n) is 6.44. The second-order valence-corrected chi connectivity index (χ2v) is 7.06. The molecule has 1 saturated heterocycles. The minimum absolute atomic E-state index is 0.283. The van der Waals surface area contributed by atoms with Gasteiger partial charge in [0.15, 0.2) is 0 Å². The van der Waals surface area contributed by atoms with Gasteiger partial charge in [-0.05, 0) is 32.1 Å². The molecule has 17 heavy (non-hydrogen) atoms. The van der Waals surface area contributed by atoms with Crippen LogP contribution in [0.25, 0.3) is 0 Å². The van der Waals surface area contributed by atoms with Gasteiger partial charge >= 0.3 is 0 Å². The van der Waals surface area contributed by atoms with Crippen molar-refractivity contribution in [2.75, 3.05) is 19.3 Å². The van der Waals surface area contributed by atoms with Gasteiger partial charge in [0.25, 0.3) is 0 Å². The van der Waals surface area contributed by atoms with Gasteiger partial charge in [-0.25, -0.2) is 4.98 Å². The maximum Gasteiger partial charge on any atom is 0.0948 e. The number of hydrogen-bond acceptors (Lipinski definition) is 3. The van der Waals surface area contributed by atoms with E-state index < -0.39 is 0 Å². The van der Waals surface area contributed by atoms with Gasteiger partial charge in [-0.2, -0.15) is 11.8 Å². The second kappa shape index (κ2) is 4.02. The lowest BCUT2D eigenvalue weighted by molar-refractivity contribution is 0.468. The summed E-state index contributed by atoms with van der Waals surface area (Å²) in [7, 11) is 0. The summed E-state index contributed by atoms with van der Waals surface area (Å²) in [6.07, 6.45) is 10.3. The van der Waals surface area contributed by atoms with Crippen molar-refractivity contribution in [1.82, 2.24) is 14.9 Å². The summed E-state index contributed by atoms with van der Waals surface area (Å²) >= 11 is 2.02. The van der Waals surface area contributed by atoms with Crippen LogP contribution in [0.15, 0.2) is 12.5 Å². The van der Waals surface area contributed by atoms with Crippen LogP contribution in [0, 0.1) is 0 Å². The monoisotopic (exact) mass is 251 g/mol. The molecule has 0 bridgehead atoms. The van der Waals surface area contributed by atoms with E-state index in [0.29, 0.717) is 4.75 Å². The smallest absolute Gasteiger partial charge is 0.0948 e. The highest BCUT2D eigenvalue weighted by molar-refractivity contribution is 8.00. The van der Waals surface area contributed by atoms with Crippen LogP contribution in [0.5, 0.6) is 0 Å². The predicted octanol–water partition coefficient (Wildman–Crippen LogP) is 2.03. The first-order valence-corrected chi connectivity index (χ1v) is 7.67. The summed E-state index contributed by atoms with van der Waals surface area (Å²) in [6, 6.07) is 0. The molecule has 2 heterocycles. The maximum atomic E-state index is 4.38. The third kappa shape index (κ3) is 2.02. The lowest BCUT2D eigenvalue weighted by Crippen LogP contribution is -2.29. The van der Waals surface area contributed by atoms with E-state index in [1.54, 1.807) is 0 Å². The van der Waals surface area contributed by atoms with Gasteiger partial charge < -0.3 is 9.88 Å². The fourth-order valence-electron chi connectivity index (χ4n) is 2.86. The second-order valence-electron chi connectivity index (χ2n) is 5.78. The van der Waals surface area contributed by atoms with E-state index in [0.717, 1.165) is 19.6 Å². The molecule has 2 fully saturated rings. The molecule has 2 aliphatic rings. The summed E-state index contributed by atoms with van der Waals surface area (Å²) in [4.78, 5) is 4.38. The van der Waals surface area contributed by atoms with E-state index >= 15 is 0 Å². The van der Waals surface area contributed by atoms with Gasteiger partial charge in [0, 0.05) is 35.1 Å². The van der Waals surface area contributed by atoms with Crippen LogP contribution < -0.4 is 5.32 Å². The minimum Gasteiger partial charge on any atom is -0.333 e. The Bertz CT molecular complexity index is 403. The molecular formula is C13H21N3S. The van der Waals surface area contributed by atoms with Gasteiger partial charge in [-0.15, -0.1) is 0 Å². The Morgan fingerprint density at radius 3 is 2.88 bits per heavy atom. The Hall–Kier alpha value is -0.480. The number of hydrogen-bond donors (Lipinski definition) is 1. The first-order chi connectivity index (χ1) is 8.18. The summed E-state index contributed by atoms with van der Waals surface area (Å²) in [5.41, 5.74) is 1.70.